The van der Waals surface area contributed by atoms with Crippen molar-refractivity contribution in [1.82, 2.24) is 5.32 Å². The van der Waals surface area contributed by atoms with Gasteiger partial charge in [-0.2, -0.15) is 0 Å². The van der Waals surface area contributed by atoms with E-state index >= 15 is 0 Å². The topological polar surface area (TPSA) is 12.0 Å². The van der Waals surface area contributed by atoms with Crippen molar-refractivity contribution in [2.45, 2.75) is 32.7 Å². The van der Waals surface area contributed by atoms with E-state index < -0.39 is 0 Å². The fourth-order valence-electron chi connectivity index (χ4n) is 2.39. The van der Waals surface area contributed by atoms with E-state index in [9.17, 15) is 4.39 Å². The van der Waals surface area contributed by atoms with Crippen molar-refractivity contribution in [1.29, 1.82) is 0 Å². The van der Waals surface area contributed by atoms with Crippen LogP contribution in [0.1, 0.15) is 36.1 Å². The van der Waals surface area contributed by atoms with E-state index in [1.54, 1.807) is 6.07 Å². The summed E-state index contributed by atoms with van der Waals surface area (Å²) < 4.78 is 14.3. The first-order valence-corrected chi connectivity index (χ1v) is 8.12. The van der Waals surface area contributed by atoms with Crippen LogP contribution < -0.4 is 5.32 Å². The average molecular weight is 350 g/mol. The van der Waals surface area contributed by atoms with Gasteiger partial charge in [-0.15, -0.1) is 0 Å². The molecule has 1 unspecified atom stereocenters. The van der Waals surface area contributed by atoms with Crippen LogP contribution in [0.25, 0.3) is 0 Å². The number of benzene rings is 2. The van der Waals surface area contributed by atoms with Crippen molar-refractivity contribution in [3.63, 3.8) is 0 Å². The van der Waals surface area contributed by atoms with E-state index in [4.69, 9.17) is 0 Å². The van der Waals surface area contributed by atoms with Crippen molar-refractivity contribution in [3.8, 4) is 0 Å². The van der Waals surface area contributed by atoms with E-state index in [0.29, 0.717) is 0 Å². The highest BCUT2D eigenvalue weighted by Crippen LogP contribution is 2.22. The van der Waals surface area contributed by atoms with Crippen molar-refractivity contribution < 1.29 is 4.39 Å². The average Bonchev–Trinajstić information content (AvgIpc) is 2.43. The van der Waals surface area contributed by atoms with Gasteiger partial charge >= 0.3 is 0 Å². The van der Waals surface area contributed by atoms with Gasteiger partial charge in [0.05, 0.1) is 0 Å². The highest BCUT2D eigenvalue weighted by atomic mass is 79.9. The van der Waals surface area contributed by atoms with E-state index in [-0.39, 0.29) is 11.9 Å². The Morgan fingerprint density at radius 3 is 2.48 bits per heavy atom. The van der Waals surface area contributed by atoms with Crippen LogP contribution in [0.15, 0.2) is 46.9 Å². The second-order valence-electron chi connectivity index (χ2n) is 5.40. The van der Waals surface area contributed by atoms with Crippen LogP contribution in [0, 0.1) is 12.7 Å². The molecule has 0 saturated carbocycles. The molecule has 0 fully saturated rings. The zero-order valence-electron chi connectivity index (χ0n) is 12.5. The number of rotatable bonds is 6. The Hall–Kier alpha value is -1.19. The van der Waals surface area contributed by atoms with E-state index in [1.165, 1.54) is 17.2 Å². The molecule has 0 saturated heterocycles. The van der Waals surface area contributed by atoms with Gasteiger partial charge in [0.25, 0.3) is 0 Å². The van der Waals surface area contributed by atoms with Gasteiger partial charge < -0.3 is 5.32 Å². The summed E-state index contributed by atoms with van der Waals surface area (Å²) in [4.78, 5) is 0. The molecule has 2 rings (SSSR count). The lowest BCUT2D eigenvalue weighted by Gasteiger charge is -2.19. The molecule has 1 nitrogen and oxygen atoms in total. The third kappa shape index (κ3) is 4.94. The van der Waals surface area contributed by atoms with Crippen molar-refractivity contribution >= 4 is 15.9 Å². The monoisotopic (exact) mass is 349 g/mol. The summed E-state index contributed by atoms with van der Waals surface area (Å²) in [5, 5.41) is 3.55. The Kier molecular flexibility index (Phi) is 5.95. The molecule has 0 aliphatic carbocycles. The Morgan fingerprint density at radius 1 is 1.14 bits per heavy atom. The van der Waals surface area contributed by atoms with Crippen LogP contribution in [0.2, 0.25) is 0 Å². The van der Waals surface area contributed by atoms with Crippen LogP contribution >= 0.6 is 15.9 Å². The molecule has 0 aliphatic rings. The zero-order valence-corrected chi connectivity index (χ0v) is 14.1. The maximum atomic E-state index is 13.5. The van der Waals surface area contributed by atoms with E-state index in [1.807, 2.05) is 6.07 Å². The standard InChI is InChI=1S/C18H21BrFN/c1-3-8-21-18(15-6-4-13(2)5-7-15)11-14-9-16(19)12-17(20)10-14/h4-7,9-10,12,18,21H,3,8,11H2,1-2H3. The van der Waals surface area contributed by atoms with Crippen molar-refractivity contribution in [2.24, 2.45) is 0 Å². The normalized spacial score (nSPS) is 12.4. The van der Waals surface area contributed by atoms with E-state index in [0.717, 1.165) is 29.4 Å². The van der Waals surface area contributed by atoms with Crippen LogP contribution in [-0.2, 0) is 6.42 Å². The molecule has 21 heavy (non-hydrogen) atoms. The summed E-state index contributed by atoms with van der Waals surface area (Å²) in [5.41, 5.74) is 3.49. The quantitative estimate of drug-likeness (QED) is 0.757. The van der Waals surface area contributed by atoms with Crippen molar-refractivity contribution in [3.05, 3.63) is 69.4 Å². The summed E-state index contributed by atoms with van der Waals surface area (Å²) in [7, 11) is 0. The number of hydrogen-bond donors (Lipinski definition) is 1. The second-order valence-corrected chi connectivity index (χ2v) is 6.31. The third-order valence-corrected chi connectivity index (χ3v) is 3.94. The Labute approximate surface area is 134 Å². The van der Waals surface area contributed by atoms with Crippen LogP contribution in [0.4, 0.5) is 4.39 Å². The molecule has 0 aromatic heterocycles. The van der Waals surface area contributed by atoms with Gasteiger partial charge in [0.1, 0.15) is 5.82 Å². The molecule has 1 N–H and O–H groups in total. The first kappa shape index (κ1) is 16.2. The first-order valence-electron chi connectivity index (χ1n) is 7.33. The van der Waals surface area contributed by atoms with Crippen molar-refractivity contribution in [2.75, 3.05) is 6.54 Å². The molecule has 0 radical (unpaired) electrons. The molecule has 0 spiro atoms. The summed E-state index contributed by atoms with van der Waals surface area (Å²) in [6.45, 7) is 5.19. The van der Waals surface area contributed by atoms with Gasteiger partial charge in [0.15, 0.2) is 0 Å². The second kappa shape index (κ2) is 7.71. The predicted molar refractivity (Wildman–Crippen MR) is 90.0 cm³/mol. The zero-order chi connectivity index (χ0) is 15.2. The first-order chi connectivity index (χ1) is 10.1. The fourth-order valence-corrected chi connectivity index (χ4v) is 2.90. The van der Waals surface area contributed by atoms with Gasteiger partial charge in [0.2, 0.25) is 0 Å². The van der Waals surface area contributed by atoms with Crippen LogP contribution in [-0.4, -0.2) is 6.54 Å². The number of hydrogen-bond acceptors (Lipinski definition) is 1. The highest BCUT2D eigenvalue weighted by Gasteiger charge is 2.12. The lowest BCUT2D eigenvalue weighted by atomic mass is 9.98. The van der Waals surface area contributed by atoms with Gasteiger partial charge in [0, 0.05) is 10.5 Å². The Bertz CT molecular complexity index is 560. The fraction of sp³-hybridized carbons (Fsp3) is 0.333. The molecule has 1 atom stereocenters. The lowest BCUT2D eigenvalue weighted by molar-refractivity contribution is 0.527. The minimum absolute atomic E-state index is 0.197. The third-order valence-electron chi connectivity index (χ3n) is 3.48. The minimum Gasteiger partial charge on any atom is -0.310 e. The molecule has 2 aromatic rings. The molecular weight excluding hydrogens is 329 g/mol. The van der Waals surface area contributed by atoms with Gasteiger partial charge in [-0.3, -0.25) is 0 Å². The van der Waals surface area contributed by atoms with Crippen LogP contribution in [0.5, 0.6) is 0 Å². The smallest absolute Gasteiger partial charge is 0.124 e. The molecule has 3 heteroatoms. The Balaban J connectivity index is 2.21. The molecule has 0 bridgehead atoms. The maximum Gasteiger partial charge on any atom is 0.124 e. The number of nitrogens with one attached hydrogen (secondary N) is 1. The summed E-state index contributed by atoms with van der Waals surface area (Å²) in [5.74, 6) is -0.197. The van der Waals surface area contributed by atoms with E-state index in [2.05, 4.69) is 59.4 Å². The van der Waals surface area contributed by atoms with Gasteiger partial charge in [-0.1, -0.05) is 52.7 Å². The maximum absolute atomic E-state index is 13.5. The minimum atomic E-state index is -0.197. The highest BCUT2D eigenvalue weighted by molar-refractivity contribution is 9.10. The Morgan fingerprint density at radius 2 is 1.86 bits per heavy atom. The largest absolute Gasteiger partial charge is 0.310 e. The summed E-state index contributed by atoms with van der Waals surface area (Å²) in [6.07, 6.45) is 1.86. The molecule has 0 heterocycles. The van der Waals surface area contributed by atoms with Gasteiger partial charge in [-0.25, -0.2) is 4.39 Å². The number of halogens is 2. The van der Waals surface area contributed by atoms with Crippen LogP contribution in [0.3, 0.4) is 0 Å². The SMILES string of the molecule is CCCNC(Cc1cc(F)cc(Br)c1)c1ccc(C)cc1. The van der Waals surface area contributed by atoms with Gasteiger partial charge in [-0.05, 0) is 55.6 Å². The molecular formula is C18H21BrFN. The molecule has 0 aliphatic heterocycles. The predicted octanol–water partition coefficient (Wildman–Crippen LogP) is 5.18. The lowest BCUT2D eigenvalue weighted by Crippen LogP contribution is -2.24. The molecule has 2 aromatic carbocycles. The number of aryl methyl sites for hydroxylation is 1. The molecule has 0 amide bonds. The molecule has 112 valence electrons. The summed E-state index contributed by atoms with van der Waals surface area (Å²) in [6, 6.07) is 13.8. The summed E-state index contributed by atoms with van der Waals surface area (Å²) >= 11 is 3.36.